The molecule has 212 valence electrons. The highest BCUT2D eigenvalue weighted by Crippen LogP contribution is 2.42. The molecule has 0 radical (unpaired) electrons. The van der Waals surface area contributed by atoms with Gasteiger partial charge in [-0.25, -0.2) is 8.78 Å². The predicted octanol–water partition coefficient (Wildman–Crippen LogP) is 11.6. The lowest BCUT2D eigenvalue weighted by Crippen LogP contribution is -2.23. The monoisotopic (exact) mass is 524 g/mol. The van der Waals surface area contributed by atoms with Crippen LogP contribution in [-0.2, 0) is 6.42 Å². The second-order valence-electron chi connectivity index (χ2n) is 13.0. The summed E-state index contributed by atoms with van der Waals surface area (Å²) in [6.45, 7) is 4.57. The van der Waals surface area contributed by atoms with E-state index in [-0.39, 0.29) is 0 Å². The fraction of sp³-hybridized carbons (Fsp3) is 0.722. The van der Waals surface area contributed by atoms with Gasteiger partial charge < -0.3 is 0 Å². The average Bonchev–Trinajstić information content (AvgIpc) is 2.95. The quantitative estimate of drug-likeness (QED) is 0.188. The molecule has 1 aromatic rings. The first-order chi connectivity index (χ1) is 18.6. The van der Waals surface area contributed by atoms with E-state index in [1.807, 2.05) is 12.1 Å². The lowest BCUT2D eigenvalue weighted by atomic mass is 9.70. The molecule has 0 aromatic heterocycles. The molecule has 0 bridgehead atoms. The zero-order valence-corrected chi connectivity index (χ0v) is 24.5. The van der Waals surface area contributed by atoms with Crippen molar-refractivity contribution in [2.45, 2.75) is 136 Å². The number of benzene rings is 1. The summed E-state index contributed by atoms with van der Waals surface area (Å²) < 4.78 is 30.1. The van der Waals surface area contributed by atoms with Crippen molar-refractivity contribution >= 4 is 5.57 Å². The highest BCUT2D eigenvalue weighted by Gasteiger charge is 2.29. The highest BCUT2D eigenvalue weighted by molar-refractivity contribution is 5.67. The Balaban J connectivity index is 1.23. The molecule has 1 atom stereocenters. The summed E-state index contributed by atoms with van der Waals surface area (Å²) in [5.41, 5.74) is 2.05. The minimum atomic E-state index is -0.627. The topological polar surface area (TPSA) is 0 Å². The molecule has 2 saturated carbocycles. The Hall–Kier alpha value is -1.44. The molecule has 4 rings (SSSR count). The van der Waals surface area contributed by atoms with E-state index < -0.39 is 11.6 Å². The zero-order chi connectivity index (χ0) is 26.7. The van der Waals surface area contributed by atoms with E-state index in [1.54, 1.807) is 0 Å². The number of halogens is 2. The molecule has 1 aromatic carbocycles. The van der Waals surface area contributed by atoms with Crippen LogP contribution in [0.25, 0.3) is 5.57 Å². The molecule has 1 unspecified atom stereocenters. The van der Waals surface area contributed by atoms with Gasteiger partial charge in [-0.15, -0.1) is 0 Å². The van der Waals surface area contributed by atoms with Crippen LogP contribution >= 0.6 is 0 Å². The van der Waals surface area contributed by atoms with Crippen LogP contribution in [0.1, 0.15) is 141 Å². The maximum absolute atomic E-state index is 15.1. The normalized spacial score (nSPS) is 28.5. The standard InChI is InChI=1S/C36H54F2/c1-3-5-6-10-29-17-19-30(20-18-29)31-21-23-32(24-22-31)34-26-25-33(35(37)36(34)38)12-8-7-11-28-15-13-27(9-4-2)14-16-28/h7,11,23,25-31H,3-6,8-10,12-22,24H2,1-2H3/b11-7+. The van der Waals surface area contributed by atoms with Crippen LogP contribution in [-0.4, -0.2) is 0 Å². The number of rotatable bonds is 12. The Morgan fingerprint density at radius 1 is 0.763 bits per heavy atom. The molecule has 0 amide bonds. The summed E-state index contributed by atoms with van der Waals surface area (Å²) in [6, 6.07) is 3.68. The summed E-state index contributed by atoms with van der Waals surface area (Å²) in [4.78, 5) is 0. The number of aryl methyl sites for hydroxylation is 1. The molecule has 3 aliphatic rings. The van der Waals surface area contributed by atoms with Crippen LogP contribution in [0.15, 0.2) is 30.4 Å². The van der Waals surface area contributed by atoms with Gasteiger partial charge in [-0.1, -0.05) is 95.6 Å². The zero-order valence-electron chi connectivity index (χ0n) is 24.5. The van der Waals surface area contributed by atoms with Crippen molar-refractivity contribution in [3.63, 3.8) is 0 Å². The first-order valence-corrected chi connectivity index (χ1v) is 16.4. The maximum Gasteiger partial charge on any atom is 0.166 e. The minimum Gasteiger partial charge on any atom is -0.203 e. The molecule has 0 N–H and O–H groups in total. The SMILES string of the molecule is CCCCCC1CCC(C2CC=C(c3ccc(CC/C=C/C4CCC(CCC)CC4)c(F)c3F)CC2)CC1. The van der Waals surface area contributed by atoms with E-state index in [9.17, 15) is 0 Å². The summed E-state index contributed by atoms with van der Waals surface area (Å²) in [5, 5.41) is 0. The van der Waals surface area contributed by atoms with E-state index in [4.69, 9.17) is 0 Å². The van der Waals surface area contributed by atoms with E-state index >= 15 is 8.78 Å². The maximum atomic E-state index is 15.1. The first-order valence-electron chi connectivity index (χ1n) is 16.4. The lowest BCUT2D eigenvalue weighted by Gasteiger charge is -2.35. The van der Waals surface area contributed by atoms with Crippen molar-refractivity contribution in [3.8, 4) is 0 Å². The number of unbranched alkanes of at least 4 members (excludes halogenated alkanes) is 2. The van der Waals surface area contributed by atoms with Gasteiger partial charge in [-0.05, 0) is 111 Å². The Morgan fingerprint density at radius 2 is 1.50 bits per heavy atom. The third-order valence-electron chi connectivity index (χ3n) is 10.3. The molecule has 3 aliphatic carbocycles. The molecule has 0 heterocycles. The van der Waals surface area contributed by atoms with Gasteiger partial charge in [0.1, 0.15) is 0 Å². The third-order valence-corrected chi connectivity index (χ3v) is 10.3. The molecule has 2 heteroatoms. The van der Waals surface area contributed by atoms with Crippen LogP contribution in [0.4, 0.5) is 8.78 Å². The third kappa shape index (κ3) is 8.28. The molecule has 2 fully saturated rings. The van der Waals surface area contributed by atoms with Crippen LogP contribution in [0, 0.1) is 41.2 Å². The molecule has 0 nitrogen and oxygen atoms in total. The molecular weight excluding hydrogens is 470 g/mol. The number of allylic oxidation sites excluding steroid dienone is 4. The summed E-state index contributed by atoms with van der Waals surface area (Å²) in [6.07, 6.45) is 30.2. The number of hydrogen-bond acceptors (Lipinski definition) is 0. The largest absolute Gasteiger partial charge is 0.203 e. The van der Waals surface area contributed by atoms with Crippen molar-refractivity contribution in [3.05, 3.63) is 53.1 Å². The van der Waals surface area contributed by atoms with Crippen LogP contribution < -0.4 is 0 Å². The van der Waals surface area contributed by atoms with E-state index in [0.29, 0.717) is 23.5 Å². The molecular formula is C36H54F2. The van der Waals surface area contributed by atoms with Gasteiger partial charge in [-0.3, -0.25) is 0 Å². The minimum absolute atomic E-state index is 0.503. The van der Waals surface area contributed by atoms with Crippen molar-refractivity contribution in [1.82, 2.24) is 0 Å². The van der Waals surface area contributed by atoms with E-state index in [2.05, 4.69) is 32.1 Å². The molecule has 0 spiro atoms. The van der Waals surface area contributed by atoms with Gasteiger partial charge in [-0.2, -0.15) is 0 Å². The molecule has 38 heavy (non-hydrogen) atoms. The fourth-order valence-electron chi connectivity index (χ4n) is 7.79. The van der Waals surface area contributed by atoms with Gasteiger partial charge in [0.15, 0.2) is 11.6 Å². The Labute approximate surface area is 232 Å². The van der Waals surface area contributed by atoms with Gasteiger partial charge in [0.25, 0.3) is 0 Å². The summed E-state index contributed by atoms with van der Waals surface area (Å²) >= 11 is 0. The second-order valence-corrected chi connectivity index (χ2v) is 13.0. The van der Waals surface area contributed by atoms with Crippen molar-refractivity contribution < 1.29 is 8.78 Å². The van der Waals surface area contributed by atoms with E-state index in [1.165, 1.54) is 89.9 Å². The number of hydrogen-bond donors (Lipinski definition) is 0. The predicted molar refractivity (Wildman–Crippen MR) is 159 cm³/mol. The van der Waals surface area contributed by atoms with Crippen LogP contribution in [0.3, 0.4) is 0 Å². The average molecular weight is 525 g/mol. The molecule has 0 aliphatic heterocycles. The van der Waals surface area contributed by atoms with Gasteiger partial charge in [0.2, 0.25) is 0 Å². The smallest absolute Gasteiger partial charge is 0.166 e. The van der Waals surface area contributed by atoms with Crippen molar-refractivity contribution in [1.29, 1.82) is 0 Å². The van der Waals surface area contributed by atoms with Gasteiger partial charge in [0, 0.05) is 5.56 Å². The van der Waals surface area contributed by atoms with Crippen molar-refractivity contribution in [2.75, 3.05) is 0 Å². The lowest BCUT2D eigenvalue weighted by molar-refractivity contribution is 0.187. The molecule has 0 saturated heterocycles. The fourth-order valence-corrected chi connectivity index (χ4v) is 7.79. The summed E-state index contributed by atoms with van der Waals surface area (Å²) in [7, 11) is 0. The van der Waals surface area contributed by atoms with Crippen LogP contribution in [0.2, 0.25) is 0 Å². The van der Waals surface area contributed by atoms with Gasteiger partial charge in [0.05, 0.1) is 0 Å². The highest BCUT2D eigenvalue weighted by atomic mass is 19.2. The van der Waals surface area contributed by atoms with Crippen LogP contribution in [0.5, 0.6) is 0 Å². The first kappa shape index (κ1) is 29.5. The van der Waals surface area contributed by atoms with E-state index in [0.717, 1.165) is 54.9 Å². The second kappa shape index (κ2) is 15.4. The van der Waals surface area contributed by atoms with Crippen molar-refractivity contribution in [2.24, 2.45) is 29.6 Å². The Morgan fingerprint density at radius 3 is 2.18 bits per heavy atom. The Kier molecular flexibility index (Phi) is 12.0. The van der Waals surface area contributed by atoms with Gasteiger partial charge >= 0.3 is 0 Å². The Bertz CT molecular complexity index is 896. The summed E-state index contributed by atoms with van der Waals surface area (Å²) in [5.74, 6) is 2.86.